The molecule has 0 saturated heterocycles. The third kappa shape index (κ3) is 5.78. The fourth-order valence-corrected chi connectivity index (χ4v) is 2.68. The van der Waals surface area contributed by atoms with Gasteiger partial charge in [-0.15, -0.1) is 0 Å². The monoisotopic (exact) mass is 237 g/mol. The van der Waals surface area contributed by atoms with Crippen molar-refractivity contribution in [3.63, 3.8) is 0 Å². The summed E-state index contributed by atoms with van der Waals surface area (Å²) in [5.41, 5.74) is 0. The van der Waals surface area contributed by atoms with Crippen molar-refractivity contribution in [2.75, 3.05) is 12.9 Å². The van der Waals surface area contributed by atoms with Gasteiger partial charge in [-0.2, -0.15) is 0 Å². The van der Waals surface area contributed by atoms with Crippen LogP contribution in [0.15, 0.2) is 4.99 Å². The van der Waals surface area contributed by atoms with Crippen LogP contribution in [0.25, 0.3) is 0 Å². The smallest absolute Gasteiger partial charge is 0.259 e. The lowest BCUT2D eigenvalue weighted by molar-refractivity contribution is 0.125. The standard InChI is InChI=1S/C7H13NO2S2.C2H6/c1-5(2)10-7-8-6(9-3)4-11-12-7;1-2/h5-6H,4H2,1-3H3;1-2H3. The van der Waals surface area contributed by atoms with Gasteiger partial charge in [0.2, 0.25) is 0 Å². The average molecular weight is 237 g/mol. The van der Waals surface area contributed by atoms with Crippen LogP contribution in [0.4, 0.5) is 0 Å². The Morgan fingerprint density at radius 3 is 2.57 bits per heavy atom. The first-order valence-electron chi connectivity index (χ1n) is 4.79. The molecule has 14 heavy (non-hydrogen) atoms. The molecule has 0 aromatic heterocycles. The Morgan fingerprint density at radius 2 is 2.07 bits per heavy atom. The third-order valence-corrected chi connectivity index (χ3v) is 3.27. The summed E-state index contributed by atoms with van der Waals surface area (Å²) < 4.78 is 10.5. The Hall–Kier alpha value is 0.130. The number of hydrogen-bond acceptors (Lipinski definition) is 5. The second-order valence-corrected chi connectivity index (χ2v) is 4.91. The fraction of sp³-hybridized carbons (Fsp3) is 0.889. The minimum atomic E-state index is -0.0370. The molecule has 0 bridgehead atoms. The van der Waals surface area contributed by atoms with Crippen LogP contribution in [0.3, 0.4) is 0 Å². The summed E-state index contributed by atoms with van der Waals surface area (Å²) in [6.07, 6.45) is 0.150. The van der Waals surface area contributed by atoms with Crippen LogP contribution in [-0.2, 0) is 9.47 Å². The molecule has 1 atom stereocenters. The molecule has 0 aromatic rings. The van der Waals surface area contributed by atoms with E-state index >= 15 is 0 Å². The van der Waals surface area contributed by atoms with E-state index in [1.54, 1.807) is 28.7 Å². The molecule has 5 heteroatoms. The van der Waals surface area contributed by atoms with Crippen LogP contribution in [0, 0.1) is 0 Å². The van der Waals surface area contributed by atoms with Gasteiger partial charge in [0.1, 0.15) is 0 Å². The Labute approximate surface area is 94.4 Å². The molecule has 0 fully saturated rings. The number of hydrogen-bond donors (Lipinski definition) is 0. The van der Waals surface area contributed by atoms with E-state index in [1.165, 1.54) is 0 Å². The zero-order chi connectivity index (χ0) is 11.0. The molecule has 0 spiro atoms. The van der Waals surface area contributed by atoms with Gasteiger partial charge in [-0.25, -0.2) is 4.99 Å². The predicted molar refractivity (Wildman–Crippen MR) is 65.9 cm³/mol. The molecule has 1 heterocycles. The summed E-state index contributed by atoms with van der Waals surface area (Å²) in [6.45, 7) is 7.98. The van der Waals surface area contributed by atoms with Crippen molar-refractivity contribution in [3.05, 3.63) is 0 Å². The number of nitrogens with zero attached hydrogens (tertiary/aromatic N) is 1. The Balaban J connectivity index is 0.000000791. The lowest BCUT2D eigenvalue weighted by Crippen LogP contribution is -2.19. The van der Waals surface area contributed by atoms with Gasteiger partial charge in [0.15, 0.2) is 6.23 Å². The summed E-state index contributed by atoms with van der Waals surface area (Å²) >= 11 is 0. The van der Waals surface area contributed by atoms with E-state index in [9.17, 15) is 0 Å². The lowest BCUT2D eigenvalue weighted by Gasteiger charge is -2.19. The quantitative estimate of drug-likeness (QED) is 0.690. The molecular weight excluding hydrogens is 218 g/mol. The summed E-state index contributed by atoms with van der Waals surface area (Å²) in [4.78, 5) is 4.25. The maximum Gasteiger partial charge on any atom is 0.259 e. The molecule has 1 aliphatic heterocycles. The zero-order valence-corrected chi connectivity index (χ0v) is 11.1. The molecule has 84 valence electrons. The molecular formula is C9H19NO2S2. The van der Waals surface area contributed by atoms with E-state index in [2.05, 4.69) is 4.99 Å². The maximum absolute atomic E-state index is 5.44. The largest absolute Gasteiger partial charge is 0.470 e. The van der Waals surface area contributed by atoms with Gasteiger partial charge in [-0.1, -0.05) is 24.6 Å². The molecule has 1 rings (SSSR count). The van der Waals surface area contributed by atoms with Crippen molar-refractivity contribution in [1.29, 1.82) is 0 Å². The van der Waals surface area contributed by atoms with Crippen LogP contribution in [-0.4, -0.2) is 30.4 Å². The summed E-state index contributed by atoms with van der Waals surface area (Å²) in [6, 6.07) is 0. The van der Waals surface area contributed by atoms with Gasteiger partial charge in [-0.3, -0.25) is 0 Å². The van der Waals surface area contributed by atoms with Gasteiger partial charge in [-0.05, 0) is 13.8 Å². The lowest BCUT2D eigenvalue weighted by atomic mass is 10.5. The van der Waals surface area contributed by atoms with Gasteiger partial charge in [0.05, 0.1) is 11.9 Å². The van der Waals surface area contributed by atoms with Crippen LogP contribution < -0.4 is 0 Å². The van der Waals surface area contributed by atoms with Gasteiger partial charge in [0.25, 0.3) is 5.23 Å². The predicted octanol–water partition coefficient (Wildman–Crippen LogP) is 3.16. The highest BCUT2D eigenvalue weighted by Gasteiger charge is 2.17. The Kier molecular flexibility index (Phi) is 8.52. The maximum atomic E-state index is 5.44. The van der Waals surface area contributed by atoms with Crippen molar-refractivity contribution in [1.82, 2.24) is 0 Å². The minimum Gasteiger partial charge on any atom is -0.470 e. The summed E-state index contributed by atoms with van der Waals surface area (Å²) in [7, 11) is 4.95. The molecule has 1 unspecified atom stereocenters. The Morgan fingerprint density at radius 1 is 1.43 bits per heavy atom. The second-order valence-electron chi connectivity index (χ2n) is 2.62. The van der Waals surface area contributed by atoms with E-state index in [4.69, 9.17) is 9.47 Å². The van der Waals surface area contributed by atoms with Crippen molar-refractivity contribution >= 4 is 26.8 Å². The number of ether oxygens (including phenoxy) is 2. The highest BCUT2D eigenvalue weighted by atomic mass is 33.1. The van der Waals surface area contributed by atoms with Crippen LogP contribution >= 0.6 is 21.6 Å². The first-order valence-corrected chi connectivity index (χ1v) is 7.11. The molecule has 0 amide bonds. The van der Waals surface area contributed by atoms with E-state index in [0.29, 0.717) is 0 Å². The number of aliphatic imine (C=N–C) groups is 1. The SMILES string of the molecule is CC.COC1CSSC(OC(C)C)=N1. The molecule has 0 aromatic carbocycles. The van der Waals surface area contributed by atoms with Crippen LogP contribution in [0.1, 0.15) is 27.7 Å². The van der Waals surface area contributed by atoms with Crippen LogP contribution in [0.5, 0.6) is 0 Å². The molecule has 1 aliphatic rings. The molecule has 0 aliphatic carbocycles. The van der Waals surface area contributed by atoms with Gasteiger partial charge in [0, 0.05) is 17.9 Å². The highest BCUT2D eigenvalue weighted by molar-refractivity contribution is 8.82. The molecule has 0 saturated carbocycles. The van der Waals surface area contributed by atoms with E-state index in [0.717, 1.165) is 11.0 Å². The minimum absolute atomic E-state index is 0.0370. The van der Waals surface area contributed by atoms with Crippen LogP contribution in [0.2, 0.25) is 0 Å². The van der Waals surface area contributed by atoms with E-state index in [-0.39, 0.29) is 12.3 Å². The fourth-order valence-electron chi connectivity index (χ4n) is 0.691. The third-order valence-electron chi connectivity index (χ3n) is 1.20. The molecule has 3 nitrogen and oxygen atoms in total. The van der Waals surface area contributed by atoms with E-state index in [1.807, 2.05) is 27.7 Å². The average Bonchev–Trinajstić information content (AvgIpc) is 2.20. The number of rotatable bonds is 2. The molecule has 0 N–H and O–H groups in total. The summed E-state index contributed by atoms with van der Waals surface area (Å²) in [5, 5.41) is 0.730. The van der Waals surface area contributed by atoms with Gasteiger partial charge < -0.3 is 9.47 Å². The van der Waals surface area contributed by atoms with Crippen molar-refractivity contribution < 1.29 is 9.47 Å². The first-order chi connectivity index (χ1) is 6.72. The van der Waals surface area contributed by atoms with Crippen molar-refractivity contribution in [3.8, 4) is 0 Å². The van der Waals surface area contributed by atoms with Gasteiger partial charge >= 0.3 is 0 Å². The summed E-state index contributed by atoms with van der Waals surface area (Å²) in [5.74, 6) is 0.895. The first kappa shape index (κ1) is 14.1. The normalized spacial score (nSPS) is 21.0. The highest BCUT2D eigenvalue weighted by Crippen LogP contribution is 2.30. The second kappa shape index (κ2) is 8.44. The van der Waals surface area contributed by atoms with Crippen molar-refractivity contribution in [2.45, 2.75) is 40.0 Å². The van der Waals surface area contributed by atoms with Crippen molar-refractivity contribution in [2.24, 2.45) is 4.99 Å². The zero-order valence-electron chi connectivity index (χ0n) is 9.44. The molecule has 0 radical (unpaired) electrons. The number of methoxy groups -OCH3 is 1. The van der Waals surface area contributed by atoms with E-state index < -0.39 is 0 Å². The Bertz CT molecular complexity index is 174. The topological polar surface area (TPSA) is 30.8 Å².